The Hall–Kier alpha value is -2.30. The molecule has 2 aromatic rings. The standard InChI is InChI=1S/C15H11F3O2/c16-15(17,18)13-3-1-2-12(8-13)10-20-14-6-4-11(9-19)5-7-14/h1-9H,10H2. The largest absolute Gasteiger partial charge is 0.489 e. The van der Waals surface area contributed by atoms with Crippen LogP contribution >= 0.6 is 0 Å². The first-order valence-corrected chi connectivity index (χ1v) is 5.83. The van der Waals surface area contributed by atoms with Gasteiger partial charge in [-0.3, -0.25) is 4.79 Å². The van der Waals surface area contributed by atoms with Crippen molar-refractivity contribution in [1.82, 2.24) is 0 Å². The summed E-state index contributed by atoms with van der Waals surface area (Å²) < 4.78 is 43.0. The van der Waals surface area contributed by atoms with Gasteiger partial charge in [-0.15, -0.1) is 0 Å². The predicted octanol–water partition coefficient (Wildman–Crippen LogP) is 4.10. The Morgan fingerprint density at radius 2 is 1.75 bits per heavy atom. The van der Waals surface area contributed by atoms with Gasteiger partial charge in [0.05, 0.1) is 5.56 Å². The highest BCUT2D eigenvalue weighted by Crippen LogP contribution is 2.29. The molecule has 0 radical (unpaired) electrons. The summed E-state index contributed by atoms with van der Waals surface area (Å²) in [6, 6.07) is 11.3. The van der Waals surface area contributed by atoms with E-state index in [2.05, 4.69) is 0 Å². The third-order valence-corrected chi connectivity index (χ3v) is 2.68. The Balaban J connectivity index is 2.05. The van der Waals surface area contributed by atoms with Crippen LogP contribution in [-0.2, 0) is 12.8 Å². The van der Waals surface area contributed by atoms with E-state index >= 15 is 0 Å². The van der Waals surface area contributed by atoms with Gasteiger partial charge in [0.2, 0.25) is 0 Å². The van der Waals surface area contributed by atoms with Gasteiger partial charge in [-0.05, 0) is 42.0 Å². The molecule has 0 spiro atoms. The minimum absolute atomic E-state index is 0.0321. The van der Waals surface area contributed by atoms with Gasteiger partial charge in [-0.25, -0.2) is 0 Å². The fraction of sp³-hybridized carbons (Fsp3) is 0.133. The van der Waals surface area contributed by atoms with E-state index in [9.17, 15) is 18.0 Å². The van der Waals surface area contributed by atoms with Crippen LogP contribution in [0.25, 0.3) is 0 Å². The van der Waals surface area contributed by atoms with Crippen LogP contribution in [0.2, 0.25) is 0 Å². The molecule has 0 bridgehead atoms. The Morgan fingerprint density at radius 1 is 1.05 bits per heavy atom. The van der Waals surface area contributed by atoms with Gasteiger partial charge in [0.1, 0.15) is 18.6 Å². The van der Waals surface area contributed by atoms with Crippen LogP contribution in [0, 0.1) is 0 Å². The monoisotopic (exact) mass is 280 g/mol. The van der Waals surface area contributed by atoms with Crippen molar-refractivity contribution in [3.05, 3.63) is 65.2 Å². The zero-order chi connectivity index (χ0) is 14.6. The minimum Gasteiger partial charge on any atom is -0.489 e. The summed E-state index contributed by atoms with van der Waals surface area (Å²) >= 11 is 0. The quantitative estimate of drug-likeness (QED) is 0.788. The van der Waals surface area contributed by atoms with Crippen LogP contribution < -0.4 is 4.74 Å². The van der Waals surface area contributed by atoms with Crippen molar-refractivity contribution in [2.45, 2.75) is 12.8 Å². The van der Waals surface area contributed by atoms with Gasteiger partial charge in [-0.1, -0.05) is 12.1 Å². The minimum atomic E-state index is -4.36. The molecule has 0 fully saturated rings. The van der Waals surface area contributed by atoms with Gasteiger partial charge in [0.15, 0.2) is 0 Å². The molecule has 0 N–H and O–H groups in total. The van der Waals surface area contributed by atoms with E-state index in [-0.39, 0.29) is 6.61 Å². The number of carbonyl (C=O) groups excluding carboxylic acids is 1. The van der Waals surface area contributed by atoms with Crippen molar-refractivity contribution >= 4 is 6.29 Å². The van der Waals surface area contributed by atoms with Crippen molar-refractivity contribution in [3.8, 4) is 5.75 Å². The fourth-order valence-electron chi connectivity index (χ4n) is 1.65. The zero-order valence-electron chi connectivity index (χ0n) is 10.4. The number of alkyl halides is 3. The Kier molecular flexibility index (Phi) is 4.08. The van der Waals surface area contributed by atoms with Crippen LogP contribution in [-0.4, -0.2) is 6.29 Å². The zero-order valence-corrected chi connectivity index (χ0v) is 10.4. The second-order valence-electron chi connectivity index (χ2n) is 4.17. The maximum atomic E-state index is 12.5. The molecule has 0 aromatic heterocycles. The fourth-order valence-corrected chi connectivity index (χ4v) is 1.65. The summed E-state index contributed by atoms with van der Waals surface area (Å²) in [5.74, 6) is 0.494. The summed E-state index contributed by atoms with van der Waals surface area (Å²) in [4.78, 5) is 10.5. The number of aldehydes is 1. The van der Waals surface area contributed by atoms with Crippen molar-refractivity contribution in [2.75, 3.05) is 0 Å². The Morgan fingerprint density at radius 3 is 2.35 bits per heavy atom. The van der Waals surface area contributed by atoms with Crippen LogP contribution in [0.3, 0.4) is 0 Å². The van der Waals surface area contributed by atoms with Gasteiger partial charge in [0, 0.05) is 5.56 Å². The summed E-state index contributed by atoms with van der Waals surface area (Å²) in [7, 11) is 0. The second-order valence-corrected chi connectivity index (χ2v) is 4.17. The predicted molar refractivity (Wildman–Crippen MR) is 67.6 cm³/mol. The molecule has 0 unspecified atom stereocenters. The van der Waals surface area contributed by atoms with E-state index in [1.165, 1.54) is 6.07 Å². The van der Waals surface area contributed by atoms with Crippen LogP contribution in [0.15, 0.2) is 48.5 Å². The third-order valence-electron chi connectivity index (χ3n) is 2.68. The molecule has 0 saturated carbocycles. The first-order chi connectivity index (χ1) is 9.49. The summed E-state index contributed by atoms with van der Waals surface area (Å²) in [6.45, 7) is 0.0321. The lowest BCUT2D eigenvalue weighted by Gasteiger charge is -2.10. The number of halogens is 3. The van der Waals surface area contributed by atoms with Crippen molar-refractivity contribution in [3.63, 3.8) is 0 Å². The highest BCUT2D eigenvalue weighted by molar-refractivity contribution is 5.74. The molecule has 0 heterocycles. The number of rotatable bonds is 4. The smallest absolute Gasteiger partial charge is 0.416 e. The Labute approximate surface area is 113 Å². The molecule has 20 heavy (non-hydrogen) atoms. The molecule has 5 heteroatoms. The maximum Gasteiger partial charge on any atom is 0.416 e. The lowest BCUT2D eigenvalue weighted by molar-refractivity contribution is -0.137. The first-order valence-electron chi connectivity index (χ1n) is 5.83. The Bertz CT molecular complexity index is 589. The van der Waals surface area contributed by atoms with E-state index in [1.807, 2.05) is 0 Å². The molecule has 0 aliphatic heterocycles. The third kappa shape index (κ3) is 3.60. The highest BCUT2D eigenvalue weighted by Gasteiger charge is 2.30. The number of hydrogen-bond acceptors (Lipinski definition) is 2. The second kappa shape index (κ2) is 5.77. The van der Waals surface area contributed by atoms with Crippen molar-refractivity contribution in [2.24, 2.45) is 0 Å². The molecule has 2 nitrogen and oxygen atoms in total. The van der Waals surface area contributed by atoms with Crippen molar-refractivity contribution < 1.29 is 22.7 Å². The summed E-state index contributed by atoms with van der Waals surface area (Å²) in [5, 5.41) is 0. The lowest BCUT2D eigenvalue weighted by atomic mass is 10.1. The molecule has 0 amide bonds. The topological polar surface area (TPSA) is 26.3 Å². The summed E-state index contributed by atoms with van der Waals surface area (Å²) in [6.07, 6.45) is -3.65. The lowest BCUT2D eigenvalue weighted by Crippen LogP contribution is -2.06. The van der Waals surface area contributed by atoms with E-state index in [1.54, 1.807) is 30.3 Å². The van der Waals surface area contributed by atoms with E-state index in [4.69, 9.17) is 4.74 Å². The number of benzene rings is 2. The molecule has 2 rings (SSSR count). The van der Waals surface area contributed by atoms with Crippen LogP contribution in [0.1, 0.15) is 21.5 Å². The number of ether oxygens (including phenoxy) is 1. The molecule has 0 saturated heterocycles. The van der Waals surface area contributed by atoms with Crippen molar-refractivity contribution in [1.29, 1.82) is 0 Å². The van der Waals surface area contributed by atoms with Crippen LogP contribution in [0.4, 0.5) is 13.2 Å². The highest BCUT2D eigenvalue weighted by atomic mass is 19.4. The first kappa shape index (κ1) is 14.1. The molecule has 0 aliphatic carbocycles. The van der Waals surface area contributed by atoms with Gasteiger partial charge < -0.3 is 4.74 Å². The van der Waals surface area contributed by atoms with E-state index in [0.29, 0.717) is 23.2 Å². The summed E-state index contributed by atoms with van der Waals surface area (Å²) in [5.41, 5.74) is 0.241. The van der Waals surface area contributed by atoms with Gasteiger partial charge in [-0.2, -0.15) is 13.2 Å². The molecule has 0 atom stereocenters. The molecular formula is C15H11F3O2. The van der Waals surface area contributed by atoms with Crippen LogP contribution in [0.5, 0.6) is 5.75 Å². The SMILES string of the molecule is O=Cc1ccc(OCc2cccc(C(F)(F)F)c2)cc1. The van der Waals surface area contributed by atoms with Gasteiger partial charge >= 0.3 is 6.18 Å². The average Bonchev–Trinajstić information content (AvgIpc) is 2.45. The normalized spacial score (nSPS) is 11.2. The average molecular weight is 280 g/mol. The molecule has 104 valence electrons. The van der Waals surface area contributed by atoms with E-state index < -0.39 is 11.7 Å². The number of carbonyl (C=O) groups is 1. The molecular weight excluding hydrogens is 269 g/mol. The molecule has 0 aliphatic rings. The van der Waals surface area contributed by atoms with E-state index in [0.717, 1.165) is 12.1 Å². The maximum absolute atomic E-state index is 12.5. The number of hydrogen-bond donors (Lipinski definition) is 0. The van der Waals surface area contributed by atoms with Gasteiger partial charge in [0.25, 0.3) is 0 Å². The molecule has 2 aromatic carbocycles.